The average Bonchev–Trinajstić information content (AvgIpc) is 2.74. The van der Waals surface area contributed by atoms with E-state index in [1.54, 1.807) is 0 Å². The first-order valence-corrected chi connectivity index (χ1v) is 6.65. The normalized spacial score (nSPS) is 26.5. The number of β-amino-alcohol motifs (C(OH)–C–C–N with tert-alkyl or cyclic N) is 1. The van der Waals surface area contributed by atoms with Crippen LogP contribution in [-0.4, -0.2) is 47.8 Å². The summed E-state index contributed by atoms with van der Waals surface area (Å²) in [5.74, 6) is 0.911. The third-order valence-electron chi connectivity index (χ3n) is 3.67. The Morgan fingerprint density at radius 2 is 2.26 bits per heavy atom. The molecule has 0 radical (unpaired) electrons. The van der Waals surface area contributed by atoms with Gasteiger partial charge in [0.1, 0.15) is 12.4 Å². The molecule has 2 aliphatic heterocycles. The first kappa shape index (κ1) is 12.4. The highest BCUT2D eigenvalue weighted by molar-refractivity contribution is 5.82. The van der Waals surface area contributed by atoms with Crippen LogP contribution in [0.15, 0.2) is 24.3 Å². The summed E-state index contributed by atoms with van der Waals surface area (Å²) in [6, 6.07) is 7.54. The second kappa shape index (κ2) is 5.19. The molecule has 1 aromatic rings. The van der Waals surface area contributed by atoms with Gasteiger partial charge in [-0.05, 0) is 12.5 Å². The molecule has 1 fully saturated rings. The zero-order valence-corrected chi connectivity index (χ0v) is 10.7. The molecule has 102 valence electrons. The van der Waals surface area contributed by atoms with Crippen molar-refractivity contribution < 1.29 is 14.6 Å². The molecular weight excluding hydrogens is 244 g/mol. The van der Waals surface area contributed by atoms with E-state index in [2.05, 4.69) is 5.32 Å². The summed E-state index contributed by atoms with van der Waals surface area (Å²) in [7, 11) is 0. The fourth-order valence-electron chi connectivity index (χ4n) is 2.64. The molecule has 5 heteroatoms. The molecule has 2 atom stereocenters. The van der Waals surface area contributed by atoms with E-state index in [1.165, 1.54) is 0 Å². The lowest BCUT2D eigenvalue weighted by Crippen LogP contribution is -2.44. The van der Waals surface area contributed by atoms with E-state index in [0.29, 0.717) is 32.7 Å². The predicted octanol–water partition coefficient (Wildman–Crippen LogP) is 0.130. The largest absolute Gasteiger partial charge is 0.491 e. The predicted molar refractivity (Wildman–Crippen MR) is 69.8 cm³/mol. The summed E-state index contributed by atoms with van der Waals surface area (Å²) in [5.41, 5.74) is 1.03. The van der Waals surface area contributed by atoms with E-state index in [9.17, 15) is 9.90 Å². The zero-order chi connectivity index (χ0) is 13.2. The molecule has 1 aromatic carbocycles. The molecule has 2 unspecified atom stereocenters. The highest BCUT2D eigenvalue weighted by atomic mass is 16.5. The summed E-state index contributed by atoms with van der Waals surface area (Å²) in [4.78, 5) is 14.2. The maximum absolute atomic E-state index is 12.4. The fraction of sp³-hybridized carbons (Fsp3) is 0.500. The fourth-order valence-corrected chi connectivity index (χ4v) is 2.64. The molecule has 3 rings (SSSR count). The number of fused-ring (bicyclic) bond motifs is 1. The number of hydrogen-bond donors (Lipinski definition) is 2. The standard InChI is InChI=1S/C14H18N2O3/c17-11-7-12(15-8-11)14(18)16-5-6-19-13-4-2-1-3-10(13)9-16/h1-4,11-12,15,17H,5-9H2. The molecule has 1 saturated heterocycles. The van der Waals surface area contributed by atoms with Crippen molar-refractivity contribution in [3.8, 4) is 5.75 Å². The second-order valence-corrected chi connectivity index (χ2v) is 5.07. The number of nitrogens with one attached hydrogen (secondary N) is 1. The van der Waals surface area contributed by atoms with Crippen molar-refractivity contribution in [3.05, 3.63) is 29.8 Å². The third kappa shape index (κ3) is 2.57. The van der Waals surface area contributed by atoms with Gasteiger partial charge in [-0.2, -0.15) is 0 Å². The van der Waals surface area contributed by atoms with Gasteiger partial charge in [-0.1, -0.05) is 18.2 Å². The van der Waals surface area contributed by atoms with Gasteiger partial charge in [0.2, 0.25) is 5.91 Å². The first-order chi connectivity index (χ1) is 9.24. The smallest absolute Gasteiger partial charge is 0.240 e. The minimum absolute atomic E-state index is 0.0526. The molecule has 0 aliphatic carbocycles. The van der Waals surface area contributed by atoms with Gasteiger partial charge >= 0.3 is 0 Å². The third-order valence-corrected chi connectivity index (χ3v) is 3.67. The number of carbonyl (C=O) groups excluding carboxylic acids is 1. The van der Waals surface area contributed by atoms with Crippen molar-refractivity contribution in [2.75, 3.05) is 19.7 Å². The Morgan fingerprint density at radius 3 is 3.05 bits per heavy atom. The van der Waals surface area contributed by atoms with Crippen LogP contribution in [0.2, 0.25) is 0 Å². The molecule has 0 aromatic heterocycles. The summed E-state index contributed by atoms with van der Waals surface area (Å²) in [5, 5.41) is 12.6. The quantitative estimate of drug-likeness (QED) is 0.755. The molecule has 5 nitrogen and oxygen atoms in total. The Bertz CT molecular complexity index is 478. The summed E-state index contributed by atoms with van der Waals surface area (Å²) < 4.78 is 5.65. The van der Waals surface area contributed by atoms with E-state index >= 15 is 0 Å². The van der Waals surface area contributed by atoms with Crippen LogP contribution < -0.4 is 10.1 Å². The molecule has 0 saturated carbocycles. The number of nitrogens with zero attached hydrogens (tertiary/aromatic N) is 1. The van der Waals surface area contributed by atoms with Gasteiger partial charge in [-0.25, -0.2) is 0 Å². The van der Waals surface area contributed by atoms with Crippen molar-refractivity contribution in [2.24, 2.45) is 0 Å². The van der Waals surface area contributed by atoms with Crippen molar-refractivity contribution in [1.82, 2.24) is 10.2 Å². The van der Waals surface area contributed by atoms with Crippen LogP contribution in [-0.2, 0) is 11.3 Å². The van der Waals surface area contributed by atoms with Gasteiger partial charge in [0, 0.05) is 18.7 Å². The van der Waals surface area contributed by atoms with E-state index in [4.69, 9.17) is 4.74 Å². The first-order valence-electron chi connectivity index (χ1n) is 6.65. The van der Waals surface area contributed by atoms with Crippen LogP contribution in [0.1, 0.15) is 12.0 Å². The highest BCUT2D eigenvalue weighted by Crippen LogP contribution is 2.23. The Kier molecular flexibility index (Phi) is 3.40. The van der Waals surface area contributed by atoms with Gasteiger partial charge < -0.3 is 20.1 Å². The molecule has 2 N–H and O–H groups in total. The molecule has 19 heavy (non-hydrogen) atoms. The summed E-state index contributed by atoms with van der Waals surface area (Å²) in [6.07, 6.45) is 0.0853. The number of rotatable bonds is 1. The van der Waals surface area contributed by atoms with Gasteiger partial charge in [-0.3, -0.25) is 4.79 Å². The number of hydrogen-bond acceptors (Lipinski definition) is 4. The Balaban J connectivity index is 1.73. The average molecular weight is 262 g/mol. The summed E-state index contributed by atoms with van der Waals surface area (Å²) >= 11 is 0. The lowest BCUT2D eigenvalue weighted by molar-refractivity contribution is -0.134. The van der Waals surface area contributed by atoms with Gasteiger partial charge in [0.15, 0.2) is 0 Å². The monoisotopic (exact) mass is 262 g/mol. The number of carbonyl (C=O) groups is 1. The molecular formula is C14H18N2O3. The summed E-state index contributed by atoms with van der Waals surface area (Å²) in [6.45, 7) is 2.17. The molecule has 1 amide bonds. The molecule has 0 spiro atoms. The van der Waals surface area contributed by atoms with Crippen LogP contribution >= 0.6 is 0 Å². The molecule has 2 heterocycles. The van der Waals surface area contributed by atoms with Crippen molar-refractivity contribution >= 4 is 5.91 Å². The van der Waals surface area contributed by atoms with Crippen LogP contribution in [0.3, 0.4) is 0 Å². The zero-order valence-electron chi connectivity index (χ0n) is 10.7. The van der Waals surface area contributed by atoms with Crippen molar-refractivity contribution in [1.29, 1.82) is 0 Å². The van der Waals surface area contributed by atoms with E-state index in [1.807, 2.05) is 29.2 Å². The van der Waals surface area contributed by atoms with Crippen LogP contribution in [0.4, 0.5) is 0 Å². The molecule has 2 aliphatic rings. The van der Waals surface area contributed by atoms with Crippen molar-refractivity contribution in [3.63, 3.8) is 0 Å². The lowest BCUT2D eigenvalue weighted by Gasteiger charge is -2.23. The van der Waals surface area contributed by atoms with Crippen LogP contribution in [0.25, 0.3) is 0 Å². The maximum Gasteiger partial charge on any atom is 0.240 e. The molecule has 0 bridgehead atoms. The number of ether oxygens (including phenoxy) is 1. The topological polar surface area (TPSA) is 61.8 Å². The van der Waals surface area contributed by atoms with Gasteiger partial charge in [0.25, 0.3) is 0 Å². The minimum Gasteiger partial charge on any atom is -0.491 e. The Hall–Kier alpha value is -1.59. The number of aliphatic hydroxyl groups is 1. The van der Waals surface area contributed by atoms with Crippen molar-refractivity contribution in [2.45, 2.75) is 25.1 Å². The van der Waals surface area contributed by atoms with E-state index < -0.39 is 6.10 Å². The number of aliphatic hydroxyl groups excluding tert-OH is 1. The highest BCUT2D eigenvalue weighted by Gasteiger charge is 2.32. The Morgan fingerprint density at radius 1 is 1.42 bits per heavy atom. The number of benzene rings is 1. The Labute approximate surface area is 112 Å². The number of amides is 1. The number of para-hydroxylation sites is 1. The maximum atomic E-state index is 12.4. The minimum atomic E-state index is -0.413. The van der Waals surface area contributed by atoms with Crippen LogP contribution in [0.5, 0.6) is 5.75 Å². The van der Waals surface area contributed by atoms with E-state index in [-0.39, 0.29) is 11.9 Å². The SMILES string of the molecule is O=C(C1CC(O)CN1)N1CCOc2ccccc2C1. The second-order valence-electron chi connectivity index (χ2n) is 5.07. The van der Waals surface area contributed by atoms with Gasteiger partial charge in [-0.15, -0.1) is 0 Å². The van der Waals surface area contributed by atoms with E-state index in [0.717, 1.165) is 11.3 Å². The van der Waals surface area contributed by atoms with Crippen LogP contribution in [0, 0.1) is 0 Å². The van der Waals surface area contributed by atoms with Gasteiger partial charge in [0.05, 0.1) is 18.7 Å². The lowest BCUT2D eigenvalue weighted by atomic mass is 10.1.